The van der Waals surface area contributed by atoms with Gasteiger partial charge in [0.05, 0.1) is 7.99 Å². The summed E-state index contributed by atoms with van der Waals surface area (Å²) in [4.78, 5) is 11.0. The van der Waals surface area contributed by atoms with Crippen molar-refractivity contribution in [2.24, 2.45) is 0 Å². The molecule has 2 nitrogen and oxygen atoms in total. The quantitative estimate of drug-likeness (QED) is 0.502. The number of esters is 1. The fourth-order valence-corrected chi connectivity index (χ4v) is 4.25. The summed E-state index contributed by atoms with van der Waals surface area (Å²) in [7, 11) is 0. The first-order valence-electron chi connectivity index (χ1n) is 3.03. The van der Waals surface area contributed by atoms with Crippen LogP contribution in [0.5, 0.6) is 0 Å². The molecule has 0 N–H and O–H groups in total. The standard InChI is InChI=1S/C7H4BrIO2/c8-6-2-1-4-5(9-6)3-11-7(4)10/h1-2H,3H2. The molecule has 0 aromatic heterocycles. The maximum absolute atomic E-state index is 11.0. The predicted octanol–water partition coefficient (Wildman–Crippen LogP) is 1.86. The monoisotopic (exact) mass is 326 g/mol. The highest BCUT2D eigenvalue weighted by molar-refractivity contribution is 14.2. The fourth-order valence-electron chi connectivity index (χ4n) is 0.919. The topological polar surface area (TPSA) is 26.3 Å². The van der Waals surface area contributed by atoms with Gasteiger partial charge in [0.1, 0.15) is 6.61 Å². The minimum atomic E-state index is -0.157. The largest absolute Gasteiger partial charge is 0.457 e. The van der Waals surface area contributed by atoms with Crippen molar-refractivity contribution in [2.75, 3.05) is 6.61 Å². The number of hydrogen-bond acceptors (Lipinski definition) is 2. The van der Waals surface area contributed by atoms with Gasteiger partial charge in [-0.05, 0) is 28.1 Å². The van der Waals surface area contributed by atoms with E-state index in [0.717, 1.165) is 5.57 Å². The average Bonchev–Trinajstić information content (AvgIpc) is 2.32. The lowest BCUT2D eigenvalue weighted by Crippen LogP contribution is -1.97. The van der Waals surface area contributed by atoms with E-state index < -0.39 is 0 Å². The highest BCUT2D eigenvalue weighted by Gasteiger charge is 2.23. The average molecular weight is 327 g/mol. The van der Waals surface area contributed by atoms with Crippen LogP contribution in [0.25, 0.3) is 0 Å². The molecule has 0 radical (unpaired) electrons. The number of cyclic esters (lactones) is 1. The number of ether oxygens (including phenoxy) is 1. The zero-order chi connectivity index (χ0) is 7.84. The lowest BCUT2D eigenvalue weighted by molar-refractivity contribution is -0.135. The second-order valence-corrected chi connectivity index (χ2v) is 7.45. The van der Waals surface area contributed by atoms with Gasteiger partial charge in [-0.3, -0.25) is 0 Å². The van der Waals surface area contributed by atoms with E-state index in [-0.39, 0.29) is 26.7 Å². The van der Waals surface area contributed by atoms with E-state index in [2.05, 4.69) is 15.9 Å². The Hall–Kier alpha value is 0.0300. The van der Waals surface area contributed by atoms with E-state index in [4.69, 9.17) is 4.74 Å². The summed E-state index contributed by atoms with van der Waals surface area (Å²) in [5.74, 6) is -0.157. The van der Waals surface area contributed by atoms with Crippen LogP contribution in [0.2, 0.25) is 0 Å². The molecule has 0 atom stereocenters. The van der Waals surface area contributed by atoms with Crippen LogP contribution in [0.3, 0.4) is 0 Å². The van der Waals surface area contributed by atoms with E-state index >= 15 is 0 Å². The Morgan fingerprint density at radius 1 is 1.55 bits per heavy atom. The molecule has 0 aliphatic carbocycles. The first-order valence-corrected chi connectivity index (χ1v) is 5.98. The van der Waals surface area contributed by atoms with Crippen LogP contribution in [0, 0.1) is 0 Å². The summed E-state index contributed by atoms with van der Waals surface area (Å²) < 4.78 is 7.29. The van der Waals surface area contributed by atoms with Crippen molar-refractivity contribution in [3.8, 4) is 0 Å². The molecule has 0 aromatic rings. The molecular weight excluding hydrogens is 323 g/mol. The maximum atomic E-state index is 11.0. The van der Waals surface area contributed by atoms with E-state index in [1.54, 1.807) is 0 Å². The van der Waals surface area contributed by atoms with Crippen LogP contribution in [-0.2, 0) is 9.53 Å². The van der Waals surface area contributed by atoms with Crippen molar-refractivity contribution in [3.63, 3.8) is 0 Å². The Labute approximate surface area is 82.2 Å². The summed E-state index contributed by atoms with van der Waals surface area (Å²) in [5.41, 5.74) is 0.793. The second kappa shape index (κ2) is 2.82. The van der Waals surface area contributed by atoms with Crippen LogP contribution in [0.1, 0.15) is 0 Å². The first kappa shape index (κ1) is 7.67. The van der Waals surface area contributed by atoms with Crippen molar-refractivity contribution in [1.82, 2.24) is 0 Å². The molecule has 0 unspecified atom stereocenters. The van der Waals surface area contributed by atoms with Gasteiger partial charge in [0.15, 0.2) is 0 Å². The van der Waals surface area contributed by atoms with Gasteiger partial charge in [0.25, 0.3) is 0 Å². The number of hydrogen-bond donors (Lipinski definition) is 0. The molecule has 11 heavy (non-hydrogen) atoms. The van der Waals surface area contributed by atoms with Gasteiger partial charge < -0.3 is 4.74 Å². The van der Waals surface area contributed by atoms with Crippen LogP contribution in [0.15, 0.2) is 21.3 Å². The Morgan fingerprint density at radius 2 is 2.36 bits per heavy atom. The van der Waals surface area contributed by atoms with Crippen LogP contribution in [0.4, 0.5) is 0 Å². The SMILES string of the molecule is O=C1OCC2=C1C=CC(Br)=I2. The summed E-state index contributed by atoms with van der Waals surface area (Å²) in [6.07, 6.45) is 3.77. The van der Waals surface area contributed by atoms with E-state index in [1.165, 1.54) is 6.00 Å². The third-order valence-electron chi connectivity index (χ3n) is 1.42. The Kier molecular flexibility index (Phi) is 1.97. The summed E-state index contributed by atoms with van der Waals surface area (Å²) >= 11 is 3.28. The molecule has 2 heterocycles. The van der Waals surface area contributed by atoms with Crippen molar-refractivity contribution >= 4 is 45.0 Å². The van der Waals surface area contributed by atoms with Crippen molar-refractivity contribution in [1.29, 1.82) is 0 Å². The van der Waals surface area contributed by atoms with E-state index in [9.17, 15) is 4.79 Å². The Balaban J connectivity index is 2.48. The van der Waals surface area contributed by atoms with Gasteiger partial charge in [-0.2, -0.15) is 0 Å². The molecule has 0 saturated carbocycles. The molecule has 0 bridgehead atoms. The third-order valence-corrected chi connectivity index (χ3v) is 5.11. The summed E-state index contributed by atoms with van der Waals surface area (Å²) in [6, 6.07) is 0. The maximum Gasteiger partial charge on any atom is 0.339 e. The van der Waals surface area contributed by atoms with E-state index in [0.29, 0.717) is 6.61 Å². The van der Waals surface area contributed by atoms with Crippen LogP contribution >= 0.6 is 36.7 Å². The normalized spacial score (nSPS) is 22.3. The third kappa shape index (κ3) is 1.33. The zero-order valence-electron chi connectivity index (χ0n) is 5.43. The molecule has 0 aromatic carbocycles. The molecule has 2 rings (SSSR count). The number of carbonyl (C=O) groups is 1. The van der Waals surface area contributed by atoms with Crippen LogP contribution < -0.4 is 0 Å². The fraction of sp³-hybridized carbons (Fsp3) is 0.143. The number of carbonyl (C=O) groups excluding carboxylic acids is 1. The van der Waals surface area contributed by atoms with Crippen molar-refractivity contribution in [3.05, 3.63) is 21.3 Å². The molecule has 0 amide bonds. The van der Waals surface area contributed by atoms with Gasteiger partial charge in [-0.15, -0.1) is 0 Å². The zero-order valence-corrected chi connectivity index (χ0v) is 9.18. The Morgan fingerprint density at radius 3 is 3.18 bits per heavy atom. The summed E-state index contributed by atoms with van der Waals surface area (Å²) in [6.45, 7) is 0.515. The lowest BCUT2D eigenvalue weighted by Gasteiger charge is -1.97. The smallest absolute Gasteiger partial charge is 0.339 e. The molecule has 2 aliphatic rings. The summed E-state index contributed by atoms with van der Waals surface area (Å²) in [5, 5.41) is 0. The second-order valence-electron chi connectivity index (χ2n) is 2.11. The molecule has 0 fully saturated rings. The number of allylic oxidation sites excluding steroid dienone is 1. The molecule has 4 heteroatoms. The molecule has 58 valence electrons. The van der Waals surface area contributed by atoms with Gasteiger partial charge in [-0.1, -0.05) is 20.7 Å². The predicted molar refractivity (Wildman–Crippen MR) is 55.1 cm³/mol. The van der Waals surface area contributed by atoms with Crippen molar-refractivity contribution < 1.29 is 9.53 Å². The first-order chi connectivity index (χ1) is 5.27. The lowest BCUT2D eigenvalue weighted by atomic mass is 10.2. The minimum absolute atomic E-state index is 0.139. The molecule has 2 aliphatic heterocycles. The molecule has 0 saturated heterocycles. The van der Waals surface area contributed by atoms with Gasteiger partial charge >= 0.3 is 5.97 Å². The molecular formula is C7H4BrIO2. The van der Waals surface area contributed by atoms with Gasteiger partial charge in [0.2, 0.25) is 0 Å². The number of rotatable bonds is 0. The van der Waals surface area contributed by atoms with Gasteiger partial charge in [0, 0.05) is 3.58 Å². The minimum Gasteiger partial charge on any atom is -0.457 e. The van der Waals surface area contributed by atoms with Gasteiger partial charge in [-0.25, -0.2) is 4.79 Å². The van der Waals surface area contributed by atoms with Crippen LogP contribution in [-0.4, -0.2) is 15.0 Å². The number of halogens is 2. The highest BCUT2D eigenvalue weighted by Crippen LogP contribution is 2.32. The Bertz CT molecular complexity index is 314. The van der Waals surface area contributed by atoms with E-state index in [1.807, 2.05) is 12.2 Å². The highest BCUT2D eigenvalue weighted by atomic mass is 127. The molecule has 0 spiro atoms. The van der Waals surface area contributed by atoms with Crippen molar-refractivity contribution in [2.45, 2.75) is 0 Å².